The lowest BCUT2D eigenvalue weighted by Gasteiger charge is -2.23. The first-order valence-electron chi connectivity index (χ1n) is 10.7. The summed E-state index contributed by atoms with van der Waals surface area (Å²) in [4.78, 5) is 37.2. The molecule has 0 fully saturated rings. The third-order valence-corrected chi connectivity index (χ3v) is 6.19. The van der Waals surface area contributed by atoms with Crippen molar-refractivity contribution in [2.45, 2.75) is 19.4 Å². The summed E-state index contributed by atoms with van der Waals surface area (Å²) in [5.74, 6) is -1.11. The van der Waals surface area contributed by atoms with Gasteiger partial charge in [0.25, 0.3) is 0 Å². The first kappa shape index (κ1) is 24.4. The molecule has 0 saturated heterocycles. The van der Waals surface area contributed by atoms with Crippen molar-refractivity contribution in [1.82, 2.24) is 0 Å². The molecule has 2 atom stereocenters. The van der Waals surface area contributed by atoms with Crippen LogP contribution in [0.5, 0.6) is 0 Å². The summed E-state index contributed by atoms with van der Waals surface area (Å²) >= 11 is 1.10. The van der Waals surface area contributed by atoms with Crippen LogP contribution in [0.3, 0.4) is 0 Å². The van der Waals surface area contributed by atoms with Crippen LogP contribution < -0.4 is 5.73 Å². The minimum Gasteiger partial charge on any atom is -0.448 e. The Morgan fingerprint density at radius 2 is 1.42 bits per heavy atom. The van der Waals surface area contributed by atoms with Crippen LogP contribution in [-0.4, -0.2) is 29.2 Å². The van der Waals surface area contributed by atoms with Crippen molar-refractivity contribution >= 4 is 28.6 Å². The van der Waals surface area contributed by atoms with E-state index in [1.807, 2.05) is 60.7 Å². The van der Waals surface area contributed by atoms with E-state index >= 15 is 0 Å². The Hall–Kier alpha value is -3.22. The highest BCUT2D eigenvalue weighted by Crippen LogP contribution is 2.28. The predicted octanol–water partition coefficient (Wildman–Crippen LogP) is 4.60. The lowest BCUT2D eigenvalue weighted by Crippen LogP contribution is -2.31. The number of hydrogen-bond acceptors (Lipinski definition) is 6. The zero-order valence-corrected chi connectivity index (χ0v) is 19.3. The van der Waals surface area contributed by atoms with Gasteiger partial charge in [-0.1, -0.05) is 96.7 Å². The number of benzene rings is 3. The number of carbonyl (C=O) groups excluding carboxylic acids is 3. The average molecular weight is 462 g/mol. The monoisotopic (exact) mass is 461 g/mol. The van der Waals surface area contributed by atoms with Crippen LogP contribution in [0.25, 0.3) is 11.1 Å². The van der Waals surface area contributed by atoms with Crippen molar-refractivity contribution in [3.8, 4) is 11.1 Å². The van der Waals surface area contributed by atoms with E-state index in [1.54, 1.807) is 24.3 Å². The second-order valence-corrected chi connectivity index (χ2v) is 8.85. The van der Waals surface area contributed by atoms with Gasteiger partial charge in [0.1, 0.15) is 0 Å². The number of Topliss-reactive ketones (excluding diaryl/α,β-unsaturated/α-hetero) is 1. The van der Waals surface area contributed by atoms with Gasteiger partial charge in [-0.2, -0.15) is 0 Å². The molecular weight excluding hydrogens is 434 g/mol. The fourth-order valence-corrected chi connectivity index (χ4v) is 4.24. The van der Waals surface area contributed by atoms with Crippen molar-refractivity contribution in [3.63, 3.8) is 0 Å². The van der Waals surface area contributed by atoms with E-state index in [0.29, 0.717) is 17.7 Å². The lowest BCUT2D eigenvalue weighted by atomic mass is 9.90. The quantitative estimate of drug-likeness (QED) is 0.444. The van der Waals surface area contributed by atoms with Crippen LogP contribution in [0.4, 0.5) is 0 Å². The van der Waals surface area contributed by atoms with E-state index in [9.17, 15) is 14.4 Å². The molecule has 2 unspecified atom stereocenters. The highest BCUT2D eigenvalue weighted by Gasteiger charge is 2.31. The van der Waals surface area contributed by atoms with Crippen molar-refractivity contribution < 1.29 is 19.1 Å². The zero-order valence-electron chi connectivity index (χ0n) is 18.5. The normalized spacial score (nSPS) is 12.5. The molecule has 0 saturated carbocycles. The fourth-order valence-electron chi connectivity index (χ4n) is 3.52. The number of rotatable bonds is 10. The van der Waals surface area contributed by atoms with Crippen LogP contribution in [0.2, 0.25) is 0 Å². The summed E-state index contributed by atoms with van der Waals surface area (Å²) in [6.45, 7) is 1.16. The van der Waals surface area contributed by atoms with Gasteiger partial charge in [0, 0.05) is 18.6 Å². The molecule has 3 aromatic rings. The van der Waals surface area contributed by atoms with Crippen LogP contribution in [0, 0.1) is 5.92 Å². The Bertz CT molecular complexity index is 1070. The molecule has 5 nitrogen and oxygen atoms in total. The summed E-state index contributed by atoms with van der Waals surface area (Å²) in [7, 11) is 0. The van der Waals surface area contributed by atoms with Crippen LogP contribution in [0.1, 0.15) is 24.2 Å². The molecule has 0 spiro atoms. The van der Waals surface area contributed by atoms with Crippen LogP contribution in [0.15, 0.2) is 84.9 Å². The molecule has 6 heteroatoms. The number of esters is 1. The third-order valence-electron chi connectivity index (χ3n) is 5.21. The van der Waals surface area contributed by atoms with E-state index in [2.05, 4.69) is 0 Å². The molecule has 0 heterocycles. The number of carbonyl (C=O) groups is 3. The van der Waals surface area contributed by atoms with Crippen molar-refractivity contribution in [3.05, 3.63) is 96.1 Å². The van der Waals surface area contributed by atoms with E-state index < -0.39 is 18.0 Å². The molecule has 0 aliphatic rings. The molecular formula is C27H27NO4S. The van der Waals surface area contributed by atoms with Gasteiger partial charge >= 0.3 is 5.97 Å². The van der Waals surface area contributed by atoms with Gasteiger partial charge in [-0.15, -0.1) is 0 Å². The molecule has 0 amide bonds. The maximum absolute atomic E-state index is 13.6. The van der Waals surface area contributed by atoms with Crippen molar-refractivity contribution in [2.75, 3.05) is 12.3 Å². The topological polar surface area (TPSA) is 86.5 Å². The Morgan fingerprint density at radius 1 is 0.848 bits per heavy atom. The number of thioether (sulfide) groups is 1. The number of ether oxygens (including phenoxy) is 1. The number of nitrogens with two attached hydrogens (primary N) is 1. The van der Waals surface area contributed by atoms with E-state index in [4.69, 9.17) is 10.5 Å². The van der Waals surface area contributed by atoms with Gasteiger partial charge < -0.3 is 10.5 Å². The van der Waals surface area contributed by atoms with E-state index in [-0.39, 0.29) is 17.4 Å². The number of ketones is 1. The average Bonchev–Trinajstić information content (AvgIpc) is 2.85. The van der Waals surface area contributed by atoms with Crippen LogP contribution >= 0.6 is 11.8 Å². The Morgan fingerprint density at radius 3 is 2.00 bits per heavy atom. The van der Waals surface area contributed by atoms with Gasteiger partial charge in [0.15, 0.2) is 17.0 Å². The standard InChI is InChI=1S/C27H27NO4S/c1-19(29)33-18-24(16-20-12-14-22(15-13-20)21-8-4-2-5-9-21)26(31)27(32-25(30)17-28)23-10-6-3-7-11-23/h2-15,24,27H,16-18,28H2,1H3. The Kier molecular flexibility index (Phi) is 8.98. The molecule has 0 aromatic heterocycles. The van der Waals surface area contributed by atoms with E-state index in [0.717, 1.165) is 28.5 Å². The summed E-state index contributed by atoms with van der Waals surface area (Å²) in [6.07, 6.45) is -0.638. The van der Waals surface area contributed by atoms with Gasteiger partial charge in [0.2, 0.25) is 0 Å². The summed E-state index contributed by atoms with van der Waals surface area (Å²) < 4.78 is 5.44. The smallest absolute Gasteiger partial charge is 0.320 e. The minimum atomic E-state index is -1.07. The fraction of sp³-hybridized carbons (Fsp3) is 0.222. The highest BCUT2D eigenvalue weighted by atomic mass is 32.2. The van der Waals surface area contributed by atoms with Gasteiger partial charge in [0.05, 0.1) is 6.54 Å². The SMILES string of the molecule is CC(=O)SCC(Cc1ccc(-c2ccccc2)cc1)C(=O)C(OC(=O)CN)c1ccccc1. The second-order valence-electron chi connectivity index (χ2n) is 7.65. The van der Waals surface area contributed by atoms with Crippen molar-refractivity contribution in [1.29, 1.82) is 0 Å². The Balaban J connectivity index is 1.84. The first-order chi connectivity index (χ1) is 16.0. The summed E-state index contributed by atoms with van der Waals surface area (Å²) in [6, 6.07) is 27.0. The molecule has 170 valence electrons. The van der Waals surface area contributed by atoms with Crippen molar-refractivity contribution in [2.24, 2.45) is 11.7 Å². The molecule has 3 aromatic carbocycles. The lowest BCUT2D eigenvalue weighted by molar-refractivity contribution is -0.155. The molecule has 33 heavy (non-hydrogen) atoms. The zero-order chi connectivity index (χ0) is 23.6. The van der Waals surface area contributed by atoms with Crippen LogP contribution in [-0.2, 0) is 25.5 Å². The predicted molar refractivity (Wildman–Crippen MR) is 132 cm³/mol. The van der Waals surface area contributed by atoms with Gasteiger partial charge in [-0.05, 0) is 28.7 Å². The molecule has 0 radical (unpaired) electrons. The molecule has 0 aliphatic heterocycles. The first-order valence-corrected chi connectivity index (χ1v) is 11.7. The van der Waals surface area contributed by atoms with E-state index in [1.165, 1.54) is 6.92 Å². The summed E-state index contributed by atoms with van der Waals surface area (Å²) in [5.41, 5.74) is 9.17. The Labute approximate surface area is 198 Å². The minimum absolute atomic E-state index is 0.0672. The number of hydrogen-bond donors (Lipinski definition) is 1. The molecule has 0 aliphatic carbocycles. The molecule has 3 rings (SSSR count). The summed E-state index contributed by atoms with van der Waals surface area (Å²) in [5, 5.41) is -0.0672. The highest BCUT2D eigenvalue weighted by molar-refractivity contribution is 8.13. The third kappa shape index (κ3) is 7.14. The largest absolute Gasteiger partial charge is 0.448 e. The maximum Gasteiger partial charge on any atom is 0.320 e. The molecule has 2 N–H and O–H groups in total. The molecule has 0 bridgehead atoms. The maximum atomic E-state index is 13.6. The van der Waals surface area contributed by atoms with Gasteiger partial charge in [-0.25, -0.2) is 0 Å². The van der Waals surface area contributed by atoms with Gasteiger partial charge in [-0.3, -0.25) is 14.4 Å². The second kappa shape index (κ2) is 12.1.